The zero-order chi connectivity index (χ0) is 25.2. The second kappa shape index (κ2) is 9.62. The zero-order valence-electron chi connectivity index (χ0n) is 19.7. The van der Waals surface area contributed by atoms with Gasteiger partial charge in [0.15, 0.2) is 0 Å². The number of hydrogen-bond donors (Lipinski definition) is 1. The maximum Gasteiger partial charge on any atom is 0.419 e. The van der Waals surface area contributed by atoms with Crippen LogP contribution in [0.4, 0.5) is 9.18 Å². The van der Waals surface area contributed by atoms with Gasteiger partial charge in [-0.15, -0.1) is 0 Å². The first-order chi connectivity index (χ1) is 16.6. The summed E-state index contributed by atoms with van der Waals surface area (Å²) in [4.78, 5) is 23.9. The molecule has 1 aromatic heterocycles. The number of aliphatic carboxylic acids is 1. The van der Waals surface area contributed by atoms with E-state index in [1.54, 1.807) is 51.1 Å². The number of carbonyl (C=O) groups is 2. The van der Waals surface area contributed by atoms with Crippen LogP contribution in [0.25, 0.3) is 22.0 Å². The lowest BCUT2D eigenvalue weighted by molar-refractivity contribution is -0.136. The number of carboxylic acid groups (broad SMARTS) is 1. The normalized spacial score (nSPS) is 11.4. The summed E-state index contributed by atoms with van der Waals surface area (Å²) >= 11 is 0. The fourth-order valence-corrected chi connectivity index (χ4v) is 3.80. The number of nitrogens with zero attached hydrogens (tertiary/aromatic N) is 1. The molecule has 0 fully saturated rings. The first-order valence-corrected chi connectivity index (χ1v) is 11.2. The Hall–Kier alpha value is -4.13. The van der Waals surface area contributed by atoms with Gasteiger partial charge in [-0.1, -0.05) is 36.4 Å². The van der Waals surface area contributed by atoms with Crippen LogP contribution in [0.1, 0.15) is 32.0 Å². The van der Waals surface area contributed by atoms with Gasteiger partial charge in [-0.2, -0.15) is 0 Å². The van der Waals surface area contributed by atoms with Crippen molar-refractivity contribution >= 4 is 23.0 Å². The SMILES string of the molecule is CC(C)(C)OC(=O)n1c(COc2ccc(-c3cccc(CC(=O)O)c3)cc2)cc2ccc(F)cc21. The van der Waals surface area contributed by atoms with Gasteiger partial charge in [0.2, 0.25) is 0 Å². The summed E-state index contributed by atoms with van der Waals surface area (Å²) in [5, 5.41) is 9.72. The number of carboxylic acids is 1. The lowest BCUT2D eigenvalue weighted by Crippen LogP contribution is -2.28. The summed E-state index contributed by atoms with van der Waals surface area (Å²) in [5.41, 5.74) is 2.78. The number of hydrogen-bond acceptors (Lipinski definition) is 4. The van der Waals surface area contributed by atoms with E-state index in [1.807, 2.05) is 30.3 Å². The average Bonchev–Trinajstić information content (AvgIpc) is 3.14. The lowest BCUT2D eigenvalue weighted by Gasteiger charge is -2.21. The third kappa shape index (κ3) is 5.87. The van der Waals surface area contributed by atoms with Crippen LogP contribution in [0.3, 0.4) is 0 Å². The van der Waals surface area contributed by atoms with Gasteiger partial charge in [-0.3, -0.25) is 4.79 Å². The summed E-state index contributed by atoms with van der Waals surface area (Å²) in [6.07, 6.45) is -0.641. The fraction of sp³-hybridized carbons (Fsp3) is 0.214. The molecule has 0 spiro atoms. The smallest absolute Gasteiger partial charge is 0.419 e. The van der Waals surface area contributed by atoms with Crippen LogP contribution in [-0.4, -0.2) is 27.3 Å². The van der Waals surface area contributed by atoms with E-state index < -0.39 is 23.5 Å². The van der Waals surface area contributed by atoms with E-state index in [4.69, 9.17) is 14.6 Å². The molecule has 1 N–H and O–H groups in total. The summed E-state index contributed by atoms with van der Waals surface area (Å²) in [6, 6.07) is 20.8. The van der Waals surface area contributed by atoms with Gasteiger partial charge in [0, 0.05) is 5.39 Å². The second-order valence-electron chi connectivity index (χ2n) is 9.24. The van der Waals surface area contributed by atoms with Crippen LogP contribution in [-0.2, 0) is 22.6 Å². The van der Waals surface area contributed by atoms with Gasteiger partial charge < -0.3 is 14.6 Å². The molecule has 0 amide bonds. The van der Waals surface area contributed by atoms with Crippen molar-refractivity contribution in [2.75, 3.05) is 0 Å². The third-order valence-electron chi connectivity index (χ3n) is 5.28. The Morgan fingerprint density at radius 2 is 1.69 bits per heavy atom. The van der Waals surface area contributed by atoms with Crippen molar-refractivity contribution in [1.82, 2.24) is 4.57 Å². The van der Waals surface area contributed by atoms with Gasteiger partial charge in [0.1, 0.15) is 23.8 Å². The molecule has 0 aliphatic rings. The Kier molecular flexibility index (Phi) is 6.60. The summed E-state index contributed by atoms with van der Waals surface area (Å²) < 4.78 is 26.7. The summed E-state index contributed by atoms with van der Waals surface area (Å²) in [5.74, 6) is -0.740. The highest BCUT2D eigenvalue weighted by atomic mass is 19.1. The number of rotatable bonds is 6. The predicted octanol–water partition coefficient (Wildman–Crippen LogP) is 6.44. The molecule has 1 heterocycles. The van der Waals surface area contributed by atoms with Crippen molar-refractivity contribution in [2.45, 2.75) is 39.4 Å². The highest BCUT2D eigenvalue weighted by Crippen LogP contribution is 2.26. The molecule has 35 heavy (non-hydrogen) atoms. The topological polar surface area (TPSA) is 77.8 Å². The average molecular weight is 476 g/mol. The molecular weight excluding hydrogens is 449 g/mol. The predicted molar refractivity (Wildman–Crippen MR) is 131 cm³/mol. The number of halogens is 1. The Balaban J connectivity index is 1.55. The molecule has 3 aromatic carbocycles. The molecule has 0 aliphatic carbocycles. The zero-order valence-corrected chi connectivity index (χ0v) is 19.7. The number of fused-ring (bicyclic) bond motifs is 1. The quantitative estimate of drug-likeness (QED) is 0.347. The lowest BCUT2D eigenvalue weighted by atomic mass is 10.0. The second-order valence-corrected chi connectivity index (χ2v) is 9.24. The van der Waals surface area contributed by atoms with Crippen LogP contribution in [0.15, 0.2) is 72.8 Å². The van der Waals surface area contributed by atoms with Gasteiger partial charge in [-0.05, 0) is 73.9 Å². The van der Waals surface area contributed by atoms with E-state index in [0.29, 0.717) is 22.3 Å². The van der Waals surface area contributed by atoms with Crippen LogP contribution in [0.5, 0.6) is 5.75 Å². The van der Waals surface area contributed by atoms with Gasteiger partial charge in [0.25, 0.3) is 0 Å². The molecule has 0 saturated heterocycles. The molecule has 0 atom stereocenters. The molecule has 0 unspecified atom stereocenters. The number of aromatic nitrogens is 1. The molecule has 7 heteroatoms. The molecule has 180 valence electrons. The van der Waals surface area contributed by atoms with Crippen molar-refractivity contribution in [1.29, 1.82) is 0 Å². The Labute approximate surface area is 202 Å². The molecule has 0 radical (unpaired) electrons. The maximum absolute atomic E-state index is 13.9. The molecule has 0 saturated carbocycles. The van der Waals surface area contributed by atoms with E-state index >= 15 is 0 Å². The highest BCUT2D eigenvalue weighted by Gasteiger charge is 2.22. The molecular formula is C28H26FNO5. The molecule has 0 aliphatic heterocycles. The van der Waals surface area contributed by atoms with E-state index in [9.17, 15) is 14.0 Å². The van der Waals surface area contributed by atoms with Crippen molar-refractivity contribution in [3.63, 3.8) is 0 Å². The monoisotopic (exact) mass is 475 g/mol. The van der Waals surface area contributed by atoms with E-state index in [1.165, 1.54) is 16.7 Å². The van der Waals surface area contributed by atoms with Gasteiger partial charge in [-0.25, -0.2) is 13.8 Å². The first kappa shape index (κ1) is 24.0. The van der Waals surface area contributed by atoms with E-state index in [2.05, 4.69) is 0 Å². The van der Waals surface area contributed by atoms with Crippen LogP contribution in [0.2, 0.25) is 0 Å². The molecule has 4 aromatic rings. The number of benzene rings is 3. The highest BCUT2D eigenvalue weighted by molar-refractivity contribution is 5.91. The number of carbonyl (C=O) groups excluding carboxylic acids is 1. The third-order valence-corrected chi connectivity index (χ3v) is 5.28. The fourth-order valence-electron chi connectivity index (χ4n) is 3.80. The minimum Gasteiger partial charge on any atom is -0.487 e. The van der Waals surface area contributed by atoms with Crippen molar-refractivity contribution in [2.24, 2.45) is 0 Å². The van der Waals surface area contributed by atoms with Crippen molar-refractivity contribution < 1.29 is 28.6 Å². The minimum atomic E-state index is -0.877. The van der Waals surface area contributed by atoms with Crippen LogP contribution < -0.4 is 4.74 Å². The van der Waals surface area contributed by atoms with Crippen LogP contribution >= 0.6 is 0 Å². The Morgan fingerprint density at radius 3 is 2.37 bits per heavy atom. The minimum absolute atomic E-state index is 0.0371. The van der Waals surface area contributed by atoms with Gasteiger partial charge in [0.05, 0.1) is 17.6 Å². The Morgan fingerprint density at radius 1 is 0.943 bits per heavy atom. The summed E-state index contributed by atoms with van der Waals surface area (Å²) in [6.45, 7) is 5.38. The first-order valence-electron chi connectivity index (χ1n) is 11.2. The van der Waals surface area contributed by atoms with Crippen LogP contribution in [0, 0.1) is 5.82 Å². The molecule has 6 nitrogen and oxygen atoms in total. The van der Waals surface area contributed by atoms with E-state index in [0.717, 1.165) is 16.7 Å². The largest absolute Gasteiger partial charge is 0.487 e. The van der Waals surface area contributed by atoms with Crippen molar-refractivity contribution in [3.05, 3.63) is 89.9 Å². The Bertz CT molecular complexity index is 1380. The standard InChI is InChI=1S/C28H26FNO5/c1-28(2,3)35-27(33)30-23(15-21-7-10-22(29)16-25(21)30)17-34-24-11-8-19(9-12-24)20-6-4-5-18(13-20)14-26(31)32/h4-13,15-16H,14,17H2,1-3H3,(H,31,32). The molecule has 4 rings (SSSR count). The molecule has 0 bridgehead atoms. The maximum atomic E-state index is 13.9. The number of ether oxygens (including phenoxy) is 2. The summed E-state index contributed by atoms with van der Waals surface area (Å²) in [7, 11) is 0. The van der Waals surface area contributed by atoms with E-state index in [-0.39, 0.29) is 13.0 Å². The van der Waals surface area contributed by atoms with Crippen molar-refractivity contribution in [3.8, 4) is 16.9 Å². The van der Waals surface area contributed by atoms with Gasteiger partial charge >= 0.3 is 12.1 Å².